The predicted octanol–water partition coefficient (Wildman–Crippen LogP) is 3.02. The standard InChI is InChI=1S/C24H21N7O2S/c25-17-18-10-11-26-22(16-18)30-12-14-31(15-13-30)24-23(27-20-8-4-5-9-21(20)28-24)29-34(32,33)19-6-2-1-3-7-19/h1-11,16H,12-15H2,(H,27,29). The van der Waals surface area contributed by atoms with Gasteiger partial charge in [-0.15, -0.1) is 0 Å². The number of hydrogen-bond donors (Lipinski definition) is 1. The number of nitrogens with one attached hydrogen (secondary N) is 1. The minimum absolute atomic E-state index is 0.157. The molecule has 0 saturated carbocycles. The second-order valence-electron chi connectivity index (χ2n) is 7.79. The number of sulfonamides is 1. The molecule has 170 valence electrons. The molecule has 0 unspecified atom stereocenters. The molecule has 2 aromatic heterocycles. The molecule has 4 aromatic rings. The van der Waals surface area contributed by atoms with Crippen LogP contribution in [0.15, 0.2) is 77.8 Å². The van der Waals surface area contributed by atoms with Crippen LogP contribution < -0.4 is 14.5 Å². The average Bonchev–Trinajstić information content (AvgIpc) is 2.89. The maximum Gasteiger partial charge on any atom is 0.263 e. The summed E-state index contributed by atoms with van der Waals surface area (Å²) in [5.74, 6) is 1.42. The van der Waals surface area contributed by atoms with E-state index in [0.717, 1.165) is 5.82 Å². The molecule has 1 fully saturated rings. The zero-order chi connectivity index (χ0) is 23.5. The minimum atomic E-state index is -3.83. The lowest BCUT2D eigenvalue weighted by Crippen LogP contribution is -2.47. The van der Waals surface area contributed by atoms with Crippen LogP contribution in [-0.2, 0) is 10.0 Å². The molecule has 1 saturated heterocycles. The van der Waals surface area contributed by atoms with Crippen molar-refractivity contribution in [3.63, 3.8) is 0 Å². The zero-order valence-electron chi connectivity index (χ0n) is 18.2. The summed E-state index contributed by atoms with van der Waals surface area (Å²) >= 11 is 0. The number of aromatic nitrogens is 3. The van der Waals surface area contributed by atoms with Crippen LogP contribution in [-0.4, -0.2) is 49.5 Å². The molecule has 1 N–H and O–H groups in total. The van der Waals surface area contributed by atoms with Gasteiger partial charge in [-0.05, 0) is 36.4 Å². The molecule has 1 aliphatic rings. The van der Waals surface area contributed by atoms with Gasteiger partial charge in [0.25, 0.3) is 10.0 Å². The lowest BCUT2D eigenvalue weighted by Gasteiger charge is -2.36. The molecule has 0 atom stereocenters. The molecule has 0 spiro atoms. The number of fused-ring (bicyclic) bond motifs is 1. The van der Waals surface area contributed by atoms with E-state index in [1.54, 1.807) is 42.6 Å². The van der Waals surface area contributed by atoms with Crippen molar-refractivity contribution in [2.24, 2.45) is 0 Å². The Bertz CT molecular complexity index is 1480. The van der Waals surface area contributed by atoms with Crippen LogP contribution in [0.1, 0.15) is 5.56 Å². The normalized spacial score (nSPS) is 14.1. The Labute approximate surface area is 197 Å². The summed E-state index contributed by atoms with van der Waals surface area (Å²) in [7, 11) is -3.83. The van der Waals surface area contributed by atoms with Gasteiger partial charge in [0.1, 0.15) is 5.82 Å². The number of pyridine rings is 1. The van der Waals surface area contributed by atoms with Crippen molar-refractivity contribution in [1.82, 2.24) is 15.0 Å². The molecule has 0 bridgehead atoms. The Morgan fingerprint density at radius 1 is 0.853 bits per heavy atom. The predicted molar refractivity (Wildman–Crippen MR) is 130 cm³/mol. The van der Waals surface area contributed by atoms with Gasteiger partial charge in [-0.25, -0.2) is 23.4 Å². The molecular formula is C24H21N7O2S. The maximum atomic E-state index is 13.0. The van der Waals surface area contributed by atoms with Crippen molar-refractivity contribution in [2.75, 3.05) is 40.7 Å². The van der Waals surface area contributed by atoms with E-state index in [9.17, 15) is 8.42 Å². The van der Waals surface area contributed by atoms with Gasteiger partial charge >= 0.3 is 0 Å². The SMILES string of the molecule is N#Cc1ccnc(N2CCN(c3nc4ccccc4nc3NS(=O)(=O)c3ccccc3)CC2)c1. The Kier molecular flexibility index (Phi) is 5.69. The molecule has 10 heteroatoms. The first-order chi connectivity index (χ1) is 16.5. The fourth-order valence-corrected chi connectivity index (χ4v) is 4.90. The van der Waals surface area contributed by atoms with E-state index in [2.05, 4.69) is 25.7 Å². The molecule has 5 rings (SSSR count). The van der Waals surface area contributed by atoms with E-state index < -0.39 is 10.0 Å². The number of rotatable bonds is 5. The largest absolute Gasteiger partial charge is 0.353 e. The monoisotopic (exact) mass is 471 g/mol. The van der Waals surface area contributed by atoms with Gasteiger partial charge in [0, 0.05) is 32.4 Å². The summed E-state index contributed by atoms with van der Waals surface area (Å²) in [5.41, 5.74) is 1.85. The van der Waals surface area contributed by atoms with Gasteiger partial charge in [-0.3, -0.25) is 4.72 Å². The quantitative estimate of drug-likeness (QED) is 0.472. The summed E-state index contributed by atoms with van der Waals surface area (Å²) in [6.45, 7) is 2.46. The van der Waals surface area contributed by atoms with E-state index in [1.165, 1.54) is 12.1 Å². The first kappa shape index (κ1) is 21.6. The molecule has 0 radical (unpaired) electrons. The van der Waals surface area contributed by atoms with Crippen molar-refractivity contribution < 1.29 is 8.42 Å². The highest BCUT2D eigenvalue weighted by Crippen LogP contribution is 2.28. The van der Waals surface area contributed by atoms with E-state index >= 15 is 0 Å². The van der Waals surface area contributed by atoms with Gasteiger partial charge in [0.2, 0.25) is 0 Å². The van der Waals surface area contributed by atoms with Gasteiger partial charge in [0.05, 0.1) is 27.6 Å². The molecule has 9 nitrogen and oxygen atoms in total. The maximum absolute atomic E-state index is 13.0. The van der Waals surface area contributed by atoms with E-state index in [4.69, 9.17) is 10.2 Å². The Morgan fingerprint density at radius 2 is 1.50 bits per heavy atom. The van der Waals surface area contributed by atoms with Crippen LogP contribution in [0.3, 0.4) is 0 Å². The second-order valence-corrected chi connectivity index (χ2v) is 9.47. The third-order valence-electron chi connectivity index (χ3n) is 5.61. The lowest BCUT2D eigenvalue weighted by molar-refractivity contribution is 0.601. The number of hydrogen-bond acceptors (Lipinski definition) is 8. The summed E-state index contributed by atoms with van der Waals surface area (Å²) in [5, 5.41) is 9.17. The average molecular weight is 472 g/mol. The Morgan fingerprint density at radius 3 is 2.21 bits per heavy atom. The topological polar surface area (TPSA) is 115 Å². The first-order valence-electron chi connectivity index (χ1n) is 10.7. The number of anilines is 3. The summed E-state index contributed by atoms with van der Waals surface area (Å²) in [6, 6.07) is 21.2. The minimum Gasteiger partial charge on any atom is -0.353 e. The summed E-state index contributed by atoms with van der Waals surface area (Å²) in [4.78, 5) is 18.0. The number of piperazine rings is 1. The number of para-hydroxylation sites is 2. The van der Waals surface area contributed by atoms with Gasteiger partial charge in [-0.2, -0.15) is 5.26 Å². The molecule has 3 heterocycles. The van der Waals surface area contributed by atoms with Crippen molar-refractivity contribution in [3.8, 4) is 6.07 Å². The zero-order valence-corrected chi connectivity index (χ0v) is 19.0. The third-order valence-corrected chi connectivity index (χ3v) is 6.97. The number of nitriles is 1. The molecule has 1 aliphatic heterocycles. The number of nitrogens with zero attached hydrogens (tertiary/aromatic N) is 6. The van der Waals surface area contributed by atoms with E-state index in [-0.39, 0.29) is 10.7 Å². The second kappa shape index (κ2) is 8.96. The van der Waals surface area contributed by atoms with Crippen LogP contribution in [0.25, 0.3) is 11.0 Å². The highest BCUT2D eigenvalue weighted by atomic mass is 32.2. The molecule has 2 aromatic carbocycles. The molecule has 34 heavy (non-hydrogen) atoms. The van der Waals surface area contributed by atoms with Crippen molar-refractivity contribution in [1.29, 1.82) is 5.26 Å². The third kappa shape index (κ3) is 4.33. The molecule has 0 amide bonds. The summed E-state index contributed by atoms with van der Waals surface area (Å²) < 4.78 is 28.7. The Hall–Kier alpha value is -4.23. The van der Waals surface area contributed by atoms with Crippen LogP contribution in [0, 0.1) is 11.3 Å². The fraction of sp³-hybridized carbons (Fsp3) is 0.167. The van der Waals surface area contributed by atoms with Crippen molar-refractivity contribution >= 4 is 38.5 Å². The smallest absolute Gasteiger partial charge is 0.263 e. The van der Waals surface area contributed by atoms with Crippen molar-refractivity contribution in [2.45, 2.75) is 4.90 Å². The van der Waals surface area contributed by atoms with Gasteiger partial charge < -0.3 is 9.80 Å². The lowest BCUT2D eigenvalue weighted by atomic mass is 10.2. The van der Waals surface area contributed by atoms with Crippen molar-refractivity contribution in [3.05, 3.63) is 78.5 Å². The van der Waals surface area contributed by atoms with Crippen LogP contribution >= 0.6 is 0 Å². The first-order valence-corrected chi connectivity index (χ1v) is 12.2. The Balaban J connectivity index is 1.45. The molecule has 0 aliphatic carbocycles. The van der Waals surface area contributed by atoms with E-state index in [0.29, 0.717) is 48.6 Å². The number of benzene rings is 2. The van der Waals surface area contributed by atoms with E-state index in [1.807, 2.05) is 23.1 Å². The van der Waals surface area contributed by atoms with Crippen LogP contribution in [0.5, 0.6) is 0 Å². The van der Waals surface area contributed by atoms with Crippen LogP contribution in [0.4, 0.5) is 17.5 Å². The highest BCUT2D eigenvalue weighted by Gasteiger charge is 2.25. The van der Waals surface area contributed by atoms with Gasteiger partial charge in [-0.1, -0.05) is 30.3 Å². The van der Waals surface area contributed by atoms with Gasteiger partial charge in [0.15, 0.2) is 11.6 Å². The highest BCUT2D eigenvalue weighted by molar-refractivity contribution is 7.92. The molecular weight excluding hydrogens is 450 g/mol. The fourth-order valence-electron chi connectivity index (χ4n) is 3.87. The summed E-state index contributed by atoms with van der Waals surface area (Å²) in [6.07, 6.45) is 1.63. The van der Waals surface area contributed by atoms with Crippen LogP contribution in [0.2, 0.25) is 0 Å².